The summed E-state index contributed by atoms with van der Waals surface area (Å²) in [6.07, 6.45) is 7.63. The van der Waals surface area contributed by atoms with E-state index in [9.17, 15) is 5.11 Å². The third-order valence-electron chi connectivity index (χ3n) is 3.17. The normalized spacial score (nSPS) is 17.8. The summed E-state index contributed by atoms with van der Waals surface area (Å²) in [6, 6.07) is 8.39. The van der Waals surface area contributed by atoms with Crippen LogP contribution in [0.15, 0.2) is 36.4 Å². The molecule has 16 heavy (non-hydrogen) atoms. The molecule has 0 aliphatic heterocycles. The Bertz CT molecular complexity index is 365. The minimum absolute atomic E-state index is 0.256. The molecule has 1 aliphatic carbocycles. The molecule has 0 amide bonds. The summed E-state index contributed by atoms with van der Waals surface area (Å²) < 4.78 is 0. The van der Waals surface area contributed by atoms with E-state index < -0.39 is 0 Å². The molecule has 0 heterocycles. The highest BCUT2D eigenvalue weighted by molar-refractivity contribution is 5.34. The van der Waals surface area contributed by atoms with E-state index in [0.29, 0.717) is 11.8 Å². The molecule has 0 fully saturated rings. The van der Waals surface area contributed by atoms with Gasteiger partial charge in [-0.05, 0) is 25.3 Å². The maximum Gasteiger partial charge on any atom is 0.120 e. The topological polar surface area (TPSA) is 32.3 Å². The second kappa shape index (κ2) is 5.17. The van der Waals surface area contributed by atoms with Crippen molar-refractivity contribution in [2.45, 2.75) is 38.3 Å². The monoisotopic (exact) mass is 217 g/mol. The Labute approximate surface area is 97.0 Å². The van der Waals surface area contributed by atoms with E-state index in [2.05, 4.69) is 24.4 Å². The van der Waals surface area contributed by atoms with Crippen LogP contribution in [-0.2, 0) is 0 Å². The first-order chi connectivity index (χ1) is 7.81. The van der Waals surface area contributed by atoms with Crippen molar-refractivity contribution in [1.82, 2.24) is 5.32 Å². The molecule has 1 aromatic rings. The van der Waals surface area contributed by atoms with Crippen LogP contribution in [0.4, 0.5) is 0 Å². The average molecular weight is 217 g/mol. The smallest absolute Gasteiger partial charge is 0.120 e. The number of phenols is 1. The van der Waals surface area contributed by atoms with Crippen LogP contribution in [-0.4, -0.2) is 11.1 Å². The van der Waals surface area contributed by atoms with Crippen molar-refractivity contribution in [2.75, 3.05) is 0 Å². The molecule has 0 bridgehead atoms. The zero-order valence-corrected chi connectivity index (χ0v) is 9.69. The van der Waals surface area contributed by atoms with Crippen molar-refractivity contribution in [3.8, 4) is 5.75 Å². The van der Waals surface area contributed by atoms with E-state index in [1.807, 2.05) is 18.2 Å². The summed E-state index contributed by atoms with van der Waals surface area (Å²) in [5, 5.41) is 13.4. The van der Waals surface area contributed by atoms with Crippen LogP contribution < -0.4 is 5.32 Å². The number of hydrogen-bond donors (Lipinski definition) is 2. The molecule has 1 atom stereocenters. The Morgan fingerprint density at radius 1 is 1.31 bits per heavy atom. The highest BCUT2D eigenvalue weighted by atomic mass is 16.3. The van der Waals surface area contributed by atoms with Gasteiger partial charge in [0, 0.05) is 17.6 Å². The Hall–Kier alpha value is -1.28. The number of hydrogen-bond acceptors (Lipinski definition) is 2. The Morgan fingerprint density at radius 3 is 2.62 bits per heavy atom. The van der Waals surface area contributed by atoms with Crippen molar-refractivity contribution in [2.24, 2.45) is 0 Å². The fraction of sp³-hybridized carbons (Fsp3) is 0.429. The molecule has 0 spiro atoms. The quantitative estimate of drug-likeness (QED) is 0.759. The molecule has 1 unspecified atom stereocenters. The van der Waals surface area contributed by atoms with Crippen LogP contribution in [0.3, 0.4) is 0 Å². The number of aromatic hydroxyl groups is 1. The van der Waals surface area contributed by atoms with Gasteiger partial charge in [-0.1, -0.05) is 37.3 Å². The van der Waals surface area contributed by atoms with Gasteiger partial charge in [-0.15, -0.1) is 0 Å². The van der Waals surface area contributed by atoms with E-state index in [-0.39, 0.29) is 6.04 Å². The van der Waals surface area contributed by atoms with Crippen LogP contribution >= 0.6 is 0 Å². The molecule has 2 N–H and O–H groups in total. The first-order valence-electron chi connectivity index (χ1n) is 6.00. The highest BCUT2D eigenvalue weighted by Crippen LogP contribution is 2.27. The summed E-state index contributed by atoms with van der Waals surface area (Å²) in [5.74, 6) is 0.396. The number of benzene rings is 1. The van der Waals surface area contributed by atoms with Gasteiger partial charge < -0.3 is 10.4 Å². The first kappa shape index (κ1) is 11.2. The lowest BCUT2D eigenvalue weighted by atomic mass is 10.0. The molecular formula is C14H19NO. The SMILES string of the molecule is CCC(NC1CC=CC1)c1ccccc1O. The van der Waals surface area contributed by atoms with Crippen molar-refractivity contribution in [3.05, 3.63) is 42.0 Å². The Balaban J connectivity index is 2.07. The highest BCUT2D eigenvalue weighted by Gasteiger charge is 2.18. The maximum atomic E-state index is 9.83. The van der Waals surface area contributed by atoms with Crippen LogP contribution in [0.1, 0.15) is 37.8 Å². The molecule has 2 nitrogen and oxygen atoms in total. The maximum absolute atomic E-state index is 9.83. The van der Waals surface area contributed by atoms with E-state index >= 15 is 0 Å². The van der Waals surface area contributed by atoms with Crippen molar-refractivity contribution >= 4 is 0 Å². The fourth-order valence-corrected chi connectivity index (χ4v) is 2.25. The number of phenolic OH excluding ortho intramolecular Hbond substituents is 1. The fourth-order valence-electron chi connectivity index (χ4n) is 2.25. The lowest BCUT2D eigenvalue weighted by molar-refractivity contribution is 0.410. The summed E-state index contributed by atoms with van der Waals surface area (Å²) in [7, 11) is 0. The summed E-state index contributed by atoms with van der Waals surface area (Å²) in [6.45, 7) is 2.15. The molecule has 2 heteroatoms. The number of nitrogens with one attached hydrogen (secondary N) is 1. The minimum atomic E-state index is 0.256. The van der Waals surface area contributed by atoms with E-state index in [1.54, 1.807) is 6.07 Å². The van der Waals surface area contributed by atoms with Gasteiger partial charge in [0.15, 0.2) is 0 Å². The second-order valence-electron chi connectivity index (χ2n) is 4.33. The third-order valence-corrected chi connectivity index (χ3v) is 3.17. The molecule has 0 radical (unpaired) electrons. The van der Waals surface area contributed by atoms with Gasteiger partial charge in [-0.3, -0.25) is 0 Å². The van der Waals surface area contributed by atoms with Gasteiger partial charge >= 0.3 is 0 Å². The van der Waals surface area contributed by atoms with Crippen LogP contribution in [0.5, 0.6) is 5.75 Å². The predicted molar refractivity (Wildman–Crippen MR) is 66.4 cm³/mol. The lowest BCUT2D eigenvalue weighted by Gasteiger charge is -2.22. The van der Waals surface area contributed by atoms with Crippen molar-refractivity contribution < 1.29 is 5.11 Å². The molecule has 0 saturated heterocycles. The van der Waals surface area contributed by atoms with Gasteiger partial charge in [-0.25, -0.2) is 0 Å². The van der Waals surface area contributed by atoms with Gasteiger partial charge in [0.25, 0.3) is 0 Å². The number of rotatable bonds is 4. The van der Waals surface area contributed by atoms with Crippen LogP contribution in [0, 0.1) is 0 Å². The Morgan fingerprint density at radius 2 is 2.00 bits per heavy atom. The zero-order valence-electron chi connectivity index (χ0n) is 9.69. The summed E-state index contributed by atoms with van der Waals surface area (Å²) in [4.78, 5) is 0. The standard InChI is InChI=1S/C14H19NO/c1-2-13(15-11-7-3-4-8-11)12-9-5-6-10-14(12)16/h3-6,9-11,13,15-16H,2,7-8H2,1H3. The zero-order chi connectivity index (χ0) is 11.4. The largest absolute Gasteiger partial charge is 0.508 e. The van der Waals surface area contributed by atoms with Gasteiger partial charge in [0.05, 0.1) is 0 Å². The lowest BCUT2D eigenvalue weighted by Crippen LogP contribution is -2.30. The third kappa shape index (κ3) is 2.45. The Kier molecular flexibility index (Phi) is 3.62. The second-order valence-corrected chi connectivity index (χ2v) is 4.33. The molecule has 2 rings (SSSR count). The van der Waals surface area contributed by atoms with E-state index in [0.717, 1.165) is 24.8 Å². The van der Waals surface area contributed by atoms with Gasteiger partial charge in [-0.2, -0.15) is 0 Å². The molecule has 0 saturated carbocycles. The predicted octanol–water partition coefficient (Wildman–Crippen LogP) is 3.15. The molecular weight excluding hydrogens is 198 g/mol. The summed E-state index contributed by atoms with van der Waals surface area (Å²) in [5.41, 5.74) is 1.01. The van der Waals surface area contributed by atoms with Gasteiger partial charge in [0.2, 0.25) is 0 Å². The average Bonchev–Trinajstić information content (AvgIpc) is 2.80. The van der Waals surface area contributed by atoms with Crippen molar-refractivity contribution in [1.29, 1.82) is 0 Å². The first-order valence-corrected chi connectivity index (χ1v) is 6.00. The molecule has 0 aromatic heterocycles. The van der Waals surface area contributed by atoms with E-state index in [4.69, 9.17) is 0 Å². The molecule has 1 aliphatic rings. The molecule has 1 aromatic carbocycles. The number of para-hydroxylation sites is 1. The van der Waals surface area contributed by atoms with Crippen LogP contribution in [0.25, 0.3) is 0 Å². The molecule has 86 valence electrons. The van der Waals surface area contributed by atoms with Crippen LogP contribution in [0.2, 0.25) is 0 Å². The summed E-state index contributed by atoms with van der Waals surface area (Å²) >= 11 is 0. The van der Waals surface area contributed by atoms with E-state index in [1.165, 1.54) is 0 Å². The minimum Gasteiger partial charge on any atom is -0.508 e. The van der Waals surface area contributed by atoms with Gasteiger partial charge in [0.1, 0.15) is 5.75 Å². The van der Waals surface area contributed by atoms with Crippen molar-refractivity contribution in [3.63, 3.8) is 0 Å².